The normalized spacial score (nSPS) is 24.8. The Hall–Kier alpha value is -1.93. The van der Waals surface area contributed by atoms with Gasteiger partial charge in [-0.25, -0.2) is 8.42 Å². The molecular weight excluding hydrogens is 376 g/mol. The van der Waals surface area contributed by atoms with Crippen LogP contribution in [0.2, 0.25) is 0 Å². The summed E-state index contributed by atoms with van der Waals surface area (Å²) in [6.07, 6.45) is 6.53. The van der Waals surface area contributed by atoms with Crippen LogP contribution < -0.4 is 11.1 Å². The molecular formula is C20H30N4O3S. The maximum Gasteiger partial charge on any atom is 0.251 e. The Bertz CT molecular complexity index is 796. The predicted octanol–water partition coefficient (Wildman–Crippen LogP) is 1.82. The lowest BCUT2D eigenvalue weighted by molar-refractivity contribution is -0.123. The smallest absolute Gasteiger partial charge is 0.251 e. The van der Waals surface area contributed by atoms with Crippen LogP contribution in [0, 0.1) is 5.92 Å². The molecule has 154 valence electrons. The third-order valence-corrected chi connectivity index (χ3v) is 6.09. The molecule has 1 aromatic rings. The first-order valence-corrected chi connectivity index (χ1v) is 11.8. The van der Waals surface area contributed by atoms with Crippen molar-refractivity contribution in [1.29, 1.82) is 0 Å². The number of benzene rings is 1. The van der Waals surface area contributed by atoms with Crippen LogP contribution in [-0.2, 0) is 14.8 Å². The first-order chi connectivity index (χ1) is 13.3. The average molecular weight is 407 g/mol. The van der Waals surface area contributed by atoms with Gasteiger partial charge in [0.05, 0.1) is 6.26 Å². The Labute approximate surface area is 167 Å². The Balaban J connectivity index is 1.58. The highest BCUT2D eigenvalue weighted by atomic mass is 32.2. The summed E-state index contributed by atoms with van der Waals surface area (Å²) in [5.74, 6) is 0.675. The van der Waals surface area contributed by atoms with Crippen molar-refractivity contribution >= 4 is 21.8 Å². The van der Waals surface area contributed by atoms with E-state index in [2.05, 4.69) is 14.6 Å². The van der Waals surface area contributed by atoms with E-state index in [1.807, 2.05) is 30.3 Å². The lowest BCUT2D eigenvalue weighted by atomic mass is 9.84. The van der Waals surface area contributed by atoms with Crippen LogP contribution in [0.1, 0.15) is 50.1 Å². The molecule has 2 fully saturated rings. The molecule has 7 nitrogen and oxygen atoms in total. The second-order valence-electron chi connectivity index (χ2n) is 7.82. The first kappa shape index (κ1) is 20.8. The van der Waals surface area contributed by atoms with Crippen molar-refractivity contribution in [3.05, 3.63) is 35.9 Å². The van der Waals surface area contributed by atoms with Crippen molar-refractivity contribution in [3.8, 4) is 0 Å². The number of amidine groups is 1. The van der Waals surface area contributed by atoms with Gasteiger partial charge in [0.2, 0.25) is 5.91 Å². The number of sulfonamides is 1. The predicted molar refractivity (Wildman–Crippen MR) is 110 cm³/mol. The molecule has 28 heavy (non-hydrogen) atoms. The molecule has 1 amide bonds. The molecule has 1 saturated heterocycles. The number of likely N-dealkylation sites (tertiary alicyclic amines) is 1. The average Bonchev–Trinajstić information content (AvgIpc) is 3.21. The number of carbonyl (C=O) groups excluding carboxylic acids is 1. The largest absolute Gasteiger partial charge is 0.359 e. The van der Waals surface area contributed by atoms with Crippen LogP contribution in [0.5, 0.6) is 0 Å². The van der Waals surface area contributed by atoms with Crippen molar-refractivity contribution in [2.24, 2.45) is 16.0 Å². The Morgan fingerprint density at radius 2 is 1.75 bits per heavy atom. The summed E-state index contributed by atoms with van der Waals surface area (Å²) in [7, 11) is -3.42. The van der Waals surface area contributed by atoms with Crippen LogP contribution in [-0.4, -0.2) is 50.4 Å². The molecule has 1 aliphatic heterocycles. The Morgan fingerprint density at radius 1 is 1.14 bits per heavy atom. The van der Waals surface area contributed by atoms with Gasteiger partial charge in [0.1, 0.15) is 11.9 Å². The molecule has 0 bridgehead atoms. The number of amides is 1. The topological polar surface area (TPSA) is 105 Å². The van der Waals surface area contributed by atoms with Gasteiger partial charge in [0.15, 0.2) is 0 Å². The minimum Gasteiger partial charge on any atom is -0.359 e. The van der Waals surface area contributed by atoms with E-state index in [4.69, 9.17) is 5.73 Å². The molecule has 1 heterocycles. The Kier molecular flexibility index (Phi) is 6.72. The van der Waals surface area contributed by atoms with E-state index in [9.17, 15) is 13.2 Å². The summed E-state index contributed by atoms with van der Waals surface area (Å²) in [6.45, 7) is 1.74. The Morgan fingerprint density at radius 3 is 2.32 bits per heavy atom. The lowest BCUT2D eigenvalue weighted by Crippen LogP contribution is -2.44. The zero-order valence-corrected chi connectivity index (χ0v) is 17.2. The van der Waals surface area contributed by atoms with Crippen LogP contribution in [0.15, 0.2) is 34.7 Å². The zero-order chi connectivity index (χ0) is 20.1. The number of nitrogens with one attached hydrogen (secondary N) is 1. The number of nitrogens with two attached hydrogens (primary N) is 1. The molecule has 1 aromatic carbocycles. The van der Waals surface area contributed by atoms with Gasteiger partial charge in [-0.1, -0.05) is 30.3 Å². The van der Waals surface area contributed by atoms with Gasteiger partial charge in [-0.3, -0.25) is 4.79 Å². The highest BCUT2D eigenvalue weighted by Crippen LogP contribution is 2.29. The summed E-state index contributed by atoms with van der Waals surface area (Å²) in [5, 5.41) is 3.06. The molecule has 8 heteroatoms. The van der Waals surface area contributed by atoms with E-state index in [0.29, 0.717) is 5.84 Å². The summed E-state index contributed by atoms with van der Waals surface area (Å²) >= 11 is 0. The van der Waals surface area contributed by atoms with Gasteiger partial charge in [-0.15, -0.1) is 0 Å². The second kappa shape index (κ2) is 9.05. The fourth-order valence-corrected chi connectivity index (χ4v) is 4.71. The van der Waals surface area contributed by atoms with Crippen molar-refractivity contribution in [2.45, 2.75) is 50.6 Å². The van der Waals surface area contributed by atoms with Gasteiger partial charge in [-0.05, 0) is 44.1 Å². The van der Waals surface area contributed by atoms with Crippen LogP contribution in [0.3, 0.4) is 0 Å². The summed E-state index contributed by atoms with van der Waals surface area (Å²) < 4.78 is 27.6. The SMILES string of the molecule is CS(=O)(=O)N=C(C1CCC(NC(=O)C(N)c2ccccc2)CC1)N1CCCC1. The minimum absolute atomic E-state index is 0.0663. The molecule has 1 saturated carbocycles. The van der Waals surface area contributed by atoms with E-state index in [-0.39, 0.29) is 17.9 Å². The summed E-state index contributed by atoms with van der Waals surface area (Å²) in [5.41, 5.74) is 6.88. The van der Waals surface area contributed by atoms with Crippen LogP contribution in [0.25, 0.3) is 0 Å². The maximum atomic E-state index is 12.5. The van der Waals surface area contributed by atoms with Crippen molar-refractivity contribution < 1.29 is 13.2 Å². The van der Waals surface area contributed by atoms with Crippen molar-refractivity contribution in [2.75, 3.05) is 19.3 Å². The quantitative estimate of drug-likeness (QED) is 0.573. The molecule has 3 N–H and O–H groups in total. The second-order valence-corrected chi connectivity index (χ2v) is 9.47. The molecule has 3 rings (SSSR count). The molecule has 2 aliphatic rings. The number of hydrogen-bond donors (Lipinski definition) is 2. The number of carbonyl (C=O) groups is 1. The summed E-state index contributed by atoms with van der Waals surface area (Å²) in [6, 6.07) is 8.73. The number of nitrogens with zero attached hydrogens (tertiary/aromatic N) is 2. The lowest BCUT2D eigenvalue weighted by Gasteiger charge is -2.33. The fourth-order valence-electron chi connectivity index (χ4n) is 4.11. The molecule has 1 aliphatic carbocycles. The third kappa shape index (κ3) is 5.54. The molecule has 0 radical (unpaired) electrons. The van der Waals surface area contributed by atoms with Crippen molar-refractivity contribution in [3.63, 3.8) is 0 Å². The van der Waals surface area contributed by atoms with E-state index in [0.717, 1.165) is 63.4 Å². The highest BCUT2D eigenvalue weighted by molar-refractivity contribution is 7.89. The summed E-state index contributed by atoms with van der Waals surface area (Å²) in [4.78, 5) is 14.6. The van der Waals surface area contributed by atoms with E-state index >= 15 is 0 Å². The monoisotopic (exact) mass is 406 g/mol. The van der Waals surface area contributed by atoms with Gasteiger partial charge in [0, 0.05) is 25.0 Å². The van der Waals surface area contributed by atoms with Gasteiger partial charge < -0.3 is 16.0 Å². The molecule has 1 atom stereocenters. The van der Waals surface area contributed by atoms with E-state index in [1.54, 1.807) is 0 Å². The van der Waals surface area contributed by atoms with Crippen molar-refractivity contribution in [1.82, 2.24) is 10.2 Å². The molecule has 0 aromatic heterocycles. The maximum absolute atomic E-state index is 12.5. The standard InChI is InChI=1S/C20H30N4O3S/c1-28(26,27)23-19(24-13-5-6-14-24)16-9-11-17(12-10-16)22-20(25)18(21)15-7-3-2-4-8-15/h2-4,7-8,16-18H,5-6,9-14,21H2,1H3,(H,22,25). The fraction of sp³-hybridized carbons (Fsp3) is 0.600. The number of hydrogen-bond acceptors (Lipinski definition) is 4. The van der Waals surface area contributed by atoms with Gasteiger partial charge >= 0.3 is 0 Å². The minimum atomic E-state index is -3.42. The van der Waals surface area contributed by atoms with Crippen LogP contribution >= 0.6 is 0 Å². The molecule has 0 spiro atoms. The highest BCUT2D eigenvalue weighted by Gasteiger charge is 2.31. The zero-order valence-electron chi connectivity index (χ0n) is 16.4. The third-order valence-electron chi connectivity index (χ3n) is 5.57. The van der Waals surface area contributed by atoms with Gasteiger partial charge in [-0.2, -0.15) is 4.40 Å². The first-order valence-electron chi connectivity index (χ1n) is 9.99. The van der Waals surface area contributed by atoms with Crippen LogP contribution in [0.4, 0.5) is 0 Å². The van der Waals surface area contributed by atoms with E-state index < -0.39 is 16.1 Å². The molecule has 1 unspecified atom stereocenters. The van der Waals surface area contributed by atoms with Gasteiger partial charge in [0.25, 0.3) is 10.0 Å². The van der Waals surface area contributed by atoms with E-state index in [1.165, 1.54) is 0 Å². The number of rotatable bonds is 5.